The average Bonchev–Trinajstić information content (AvgIpc) is 3.06. The average molecular weight is 434 g/mol. The van der Waals surface area contributed by atoms with Crippen LogP contribution in [0.25, 0.3) is 33.3 Å². The Morgan fingerprint density at radius 2 is 1.30 bits per heavy atom. The highest BCUT2D eigenvalue weighted by molar-refractivity contribution is 7.90. The molecule has 30 heavy (non-hydrogen) atoms. The van der Waals surface area contributed by atoms with E-state index in [0.717, 1.165) is 30.5 Å². The number of halogens is 4. The number of nitrogens with zero attached hydrogens (tertiary/aromatic N) is 1. The molecule has 0 aliphatic rings. The number of aryl methyl sites for hydroxylation is 1. The third-order valence-electron chi connectivity index (χ3n) is 4.72. The minimum Gasteiger partial charge on any atom is -0.342 e. The van der Waals surface area contributed by atoms with Gasteiger partial charge in [-0.2, -0.15) is 0 Å². The summed E-state index contributed by atoms with van der Waals surface area (Å²) in [4.78, 5) is 6.98. The first-order chi connectivity index (χ1) is 14.1. The standard InChI is InChI=1S/C21H14F4N2O2S/c1-10-26-14-8-5-12(9-15(14)27-10)17-20(24)18(22)16(19(23)21(17)25)11-3-6-13(7-4-11)30(2,28)29/h3-9H,1-2H3,(H,26,27). The van der Waals surface area contributed by atoms with Gasteiger partial charge in [-0.1, -0.05) is 18.2 Å². The monoisotopic (exact) mass is 434 g/mol. The smallest absolute Gasteiger partial charge is 0.175 e. The van der Waals surface area contributed by atoms with E-state index >= 15 is 0 Å². The molecule has 1 aromatic heterocycles. The van der Waals surface area contributed by atoms with Gasteiger partial charge in [0, 0.05) is 6.26 Å². The molecule has 0 saturated carbocycles. The molecular formula is C21H14F4N2O2S. The molecule has 9 heteroatoms. The Bertz CT molecular complexity index is 1380. The second kappa shape index (κ2) is 6.94. The number of benzene rings is 3. The number of aromatic amines is 1. The van der Waals surface area contributed by atoms with Crippen LogP contribution in [0.2, 0.25) is 0 Å². The van der Waals surface area contributed by atoms with Crippen LogP contribution in [-0.4, -0.2) is 24.6 Å². The molecule has 4 nitrogen and oxygen atoms in total. The molecule has 0 spiro atoms. The summed E-state index contributed by atoms with van der Waals surface area (Å²) in [6.07, 6.45) is 0.968. The SMILES string of the molecule is Cc1nc2ccc(-c3c(F)c(F)c(-c4ccc(S(C)(=O)=O)cc4)c(F)c3F)cc2[nH]1. The summed E-state index contributed by atoms with van der Waals surface area (Å²) < 4.78 is 82.4. The van der Waals surface area contributed by atoms with Gasteiger partial charge >= 0.3 is 0 Å². The van der Waals surface area contributed by atoms with Crippen LogP contribution in [0, 0.1) is 30.2 Å². The maximum absolute atomic E-state index is 14.8. The number of nitrogens with one attached hydrogen (secondary N) is 1. The maximum Gasteiger partial charge on any atom is 0.175 e. The molecule has 0 fully saturated rings. The predicted octanol–water partition coefficient (Wildman–Crippen LogP) is 5.17. The van der Waals surface area contributed by atoms with Gasteiger partial charge in [0.1, 0.15) is 5.82 Å². The fraction of sp³-hybridized carbons (Fsp3) is 0.0952. The molecule has 0 aliphatic carbocycles. The zero-order valence-corrected chi connectivity index (χ0v) is 16.5. The zero-order chi connectivity index (χ0) is 21.8. The molecule has 3 aromatic carbocycles. The number of hydrogen-bond acceptors (Lipinski definition) is 3. The lowest BCUT2D eigenvalue weighted by Crippen LogP contribution is -2.04. The summed E-state index contributed by atoms with van der Waals surface area (Å²) in [5.41, 5.74) is -0.993. The Kier molecular flexibility index (Phi) is 4.65. The molecule has 0 amide bonds. The minimum absolute atomic E-state index is 0.0575. The lowest BCUT2D eigenvalue weighted by atomic mass is 9.97. The van der Waals surface area contributed by atoms with E-state index in [0.29, 0.717) is 16.9 Å². The number of H-pyrrole nitrogens is 1. The van der Waals surface area contributed by atoms with Gasteiger partial charge in [-0.15, -0.1) is 0 Å². The largest absolute Gasteiger partial charge is 0.342 e. The lowest BCUT2D eigenvalue weighted by molar-refractivity contribution is 0.463. The van der Waals surface area contributed by atoms with Gasteiger partial charge in [0.25, 0.3) is 0 Å². The van der Waals surface area contributed by atoms with Crippen molar-refractivity contribution in [2.45, 2.75) is 11.8 Å². The highest BCUT2D eigenvalue weighted by atomic mass is 32.2. The van der Waals surface area contributed by atoms with Gasteiger partial charge in [-0.05, 0) is 42.3 Å². The van der Waals surface area contributed by atoms with Crippen molar-refractivity contribution in [3.63, 3.8) is 0 Å². The number of fused-ring (bicyclic) bond motifs is 1. The van der Waals surface area contributed by atoms with Crippen LogP contribution in [0.4, 0.5) is 17.6 Å². The van der Waals surface area contributed by atoms with Crippen molar-refractivity contribution in [2.24, 2.45) is 0 Å². The molecule has 0 atom stereocenters. The van der Waals surface area contributed by atoms with Crippen LogP contribution in [0.3, 0.4) is 0 Å². The van der Waals surface area contributed by atoms with E-state index in [1.54, 1.807) is 6.92 Å². The Labute approximate surface area is 169 Å². The van der Waals surface area contributed by atoms with Crippen molar-refractivity contribution in [1.82, 2.24) is 9.97 Å². The van der Waals surface area contributed by atoms with Crippen LogP contribution in [0.1, 0.15) is 5.82 Å². The highest BCUT2D eigenvalue weighted by Gasteiger charge is 2.27. The Balaban J connectivity index is 1.90. The first-order valence-electron chi connectivity index (χ1n) is 8.71. The van der Waals surface area contributed by atoms with Crippen LogP contribution in [0.15, 0.2) is 47.4 Å². The fourth-order valence-corrected chi connectivity index (χ4v) is 3.93. The summed E-state index contributed by atoms with van der Waals surface area (Å²) in [7, 11) is -3.54. The molecule has 0 aliphatic heterocycles. The number of rotatable bonds is 3. The minimum atomic E-state index is -3.54. The molecular weight excluding hydrogens is 420 g/mol. The van der Waals surface area contributed by atoms with Crippen molar-refractivity contribution in [2.75, 3.05) is 6.26 Å². The van der Waals surface area contributed by atoms with Crippen molar-refractivity contribution in [3.05, 3.63) is 71.6 Å². The van der Waals surface area contributed by atoms with E-state index in [9.17, 15) is 26.0 Å². The maximum atomic E-state index is 14.8. The van der Waals surface area contributed by atoms with Gasteiger partial charge in [-0.3, -0.25) is 0 Å². The summed E-state index contributed by atoms with van der Waals surface area (Å²) in [5.74, 6) is -5.67. The van der Waals surface area contributed by atoms with Crippen LogP contribution >= 0.6 is 0 Å². The van der Waals surface area contributed by atoms with Gasteiger partial charge in [0.05, 0.1) is 27.1 Å². The van der Waals surface area contributed by atoms with Gasteiger partial charge < -0.3 is 4.98 Å². The Hall–Kier alpha value is -3.20. The summed E-state index contributed by atoms with van der Waals surface area (Å²) >= 11 is 0. The van der Waals surface area contributed by atoms with Crippen molar-refractivity contribution in [3.8, 4) is 22.3 Å². The van der Waals surface area contributed by atoms with Crippen LogP contribution in [0.5, 0.6) is 0 Å². The normalized spacial score (nSPS) is 11.9. The number of imidazole rings is 1. The molecule has 0 radical (unpaired) electrons. The Morgan fingerprint density at radius 1 is 0.800 bits per heavy atom. The van der Waals surface area contributed by atoms with Crippen LogP contribution in [-0.2, 0) is 9.84 Å². The lowest BCUT2D eigenvalue weighted by Gasteiger charge is -2.13. The summed E-state index contributed by atoms with van der Waals surface area (Å²) in [5, 5.41) is 0. The molecule has 154 valence electrons. The molecule has 0 saturated heterocycles. The number of aromatic nitrogens is 2. The van der Waals surface area contributed by atoms with E-state index in [-0.39, 0.29) is 16.0 Å². The van der Waals surface area contributed by atoms with Gasteiger partial charge in [0.15, 0.2) is 33.1 Å². The first kappa shape index (κ1) is 20.1. The van der Waals surface area contributed by atoms with Gasteiger partial charge in [0.2, 0.25) is 0 Å². The van der Waals surface area contributed by atoms with E-state index in [4.69, 9.17) is 0 Å². The predicted molar refractivity (Wildman–Crippen MR) is 105 cm³/mol. The second-order valence-corrected chi connectivity index (χ2v) is 8.87. The molecule has 1 N–H and O–H groups in total. The molecule has 4 rings (SSSR count). The summed E-state index contributed by atoms with van der Waals surface area (Å²) in [6.45, 7) is 1.70. The molecule has 0 unspecified atom stereocenters. The van der Waals surface area contributed by atoms with Crippen molar-refractivity contribution < 1.29 is 26.0 Å². The molecule has 1 heterocycles. The third kappa shape index (κ3) is 3.24. The van der Waals surface area contributed by atoms with Crippen LogP contribution < -0.4 is 0 Å². The van der Waals surface area contributed by atoms with E-state index in [1.807, 2.05) is 0 Å². The van der Waals surface area contributed by atoms with Crippen molar-refractivity contribution >= 4 is 20.9 Å². The number of sulfone groups is 1. The topological polar surface area (TPSA) is 62.8 Å². The van der Waals surface area contributed by atoms with E-state index < -0.39 is 44.2 Å². The molecule has 0 bridgehead atoms. The third-order valence-corrected chi connectivity index (χ3v) is 5.85. The summed E-state index contributed by atoms with van der Waals surface area (Å²) in [6, 6.07) is 8.58. The van der Waals surface area contributed by atoms with Crippen molar-refractivity contribution in [1.29, 1.82) is 0 Å². The highest BCUT2D eigenvalue weighted by Crippen LogP contribution is 2.37. The fourth-order valence-electron chi connectivity index (χ4n) is 3.30. The van der Waals surface area contributed by atoms with E-state index in [1.165, 1.54) is 18.2 Å². The quantitative estimate of drug-likeness (QED) is 0.358. The first-order valence-corrected chi connectivity index (χ1v) is 10.6. The number of hydrogen-bond donors (Lipinski definition) is 1. The Morgan fingerprint density at radius 3 is 1.83 bits per heavy atom. The van der Waals surface area contributed by atoms with Gasteiger partial charge in [-0.25, -0.2) is 31.0 Å². The second-order valence-electron chi connectivity index (χ2n) is 6.86. The molecule has 4 aromatic rings. The zero-order valence-electron chi connectivity index (χ0n) is 15.7. The van der Waals surface area contributed by atoms with E-state index in [2.05, 4.69) is 9.97 Å².